The van der Waals surface area contributed by atoms with Gasteiger partial charge in [0.05, 0.1) is 23.0 Å². The van der Waals surface area contributed by atoms with E-state index >= 15 is 0 Å². The van der Waals surface area contributed by atoms with E-state index < -0.39 is 0 Å². The number of hydrogen-bond acceptors (Lipinski definition) is 3. The molecule has 0 spiro atoms. The van der Waals surface area contributed by atoms with Gasteiger partial charge in [-0.15, -0.1) is 0 Å². The van der Waals surface area contributed by atoms with E-state index in [-0.39, 0.29) is 17.9 Å². The summed E-state index contributed by atoms with van der Waals surface area (Å²) in [6.07, 6.45) is 7.21. The molecule has 0 bridgehead atoms. The second-order valence-electron chi connectivity index (χ2n) is 7.70. The van der Waals surface area contributed by atoms with E-state index in [0.29, 0.717) is 17.1 Å². The average Bonchev–Trinajstić information content (AvgIpc) is 3.15. The minimum absolute atomic E-state index is 0.185. The number of imidazole rings is 1. The zero-order valence-electron chi connectivity index (χ0n) is 17.1. The van der Waals surface area contributed by atoms with Gasteiger partial charge < -0.3 is 9.88 Å². The van der Waals surface area contributed by atoms with E-state index in [1.165, 1.54) is 6.42 Å². The topological polar surface area (TPSA) is 76.0 Å². The molecule has 2 amide bonds. The summed E-state index contributed by atoms with van der Waals surface area (Å²) in [6, 6.07) is 17.0. The Morgan fingerprint density at radius 3 is 2.23 bits per heavy atom. The summed E-state index contributed by atoms with van der Waals surface area (Å²) < 4.78 is 1.83. The van der Waals surface area contributed by atoms with Gasteiger partial charge >= 0.3 is 0 Å². The van der Waals surface area contributed by atoms with Gasteiger partial charge in [-0.2, -0.15) is 0 Å². The summed E-state index contributed by atoms with van der Waals surface area (Å²) >= 11 is 0. The molecule has 1 heterocycles. The number of carbonyl (C=O) groups excluding carboxylic acids is 2. The zero-order valence-corrected chi connectivity index (χ0v) is 17.1. The fourth-order valence-electron chi connectivity index (χ4n) is 3.96. The molecule has 1 fully saturated rings. The molecular formula is C24H26N4O2. The van der Waals surface area contributed by atoms with Crippen LogP contribution in [-0.4, -0.2) is 27.4 Å². The van der Waals surface area contributed by atoms with Crippen LogP contribution in [0, 0.1) is 0 Å². The van der Waals surface area contributed by atoms with Gasteiger partial charge in [-0.1, -0.05) is 61.7 Å². The Morgan fingerprint density at radius 2 is 1.53 bits per heavy atom. The Kier molecular flexibility index (Phi) is 5.93. The molecule has 0 radical (unpaired) electrons. The number of nitrogens with zero attached hydrogens (tertiary/aromatic N) is 2. The van der Waals surface area contributed by atoms with Crippen LogP contribution in [0.15, 0.2) is 60.8 Å². The van der Waals surface area contributed by atoms with E-state index in [2.05, 4.69) is 15.6 Å². The Balaban J connectivity index is 1.52. The van der Waals surface area contributed by atoms with Crippen LogP contribution in [0.1, 0.15) is 52.8 Å². The maximum atomic E-state index is 13.0. The van der Waals surface area contributed by atoms with Crippen molar-refractivity contribution in [3.8, 4) is 11.3 Å². The Bertz CT molecular complexity index is 1040. The van der Waals surface area contributed by atoms with E-state index in [1.54, 1.807) is 30.5 Å². The van der Waals surface area contributed by atoms with Gasteiger partial charge in [0, 0.05) is 13.1 Å². The highest BCUT2D eigenvalue weighted by atomic mass is 16.2. The average molecular weight is 402 g/mol. The summed E-state index contributed by atoms with van der Waals surface area (Å²) in [5.74, 6) is -0.114. The molecule has 6 nitrogen and oxygen atoms in total. The third-order valence-electron chi connectivity index (χ3n) is 5.64. The van der Waals surface area contributed by atoms with Crippen LogP contribution in [0.5, 0.6) is 0 Å². The van der Waals surface area contributed by atoms with Gasteiger partial charge in [-0.3, -0.25) is 14.9 Å². The minimum Gasteiger partial charge on any atom is -0.349 e. The summed E-state index contributed by atoms with van der Waals surface area (Å²) in [7, 11) is 1.85. The molecule has 3 aromatic rings. The number of carbonyl (C=O) groups is 2. The summed E-state index contributed by atoms with van der Waals surface area (Å²) in [5.41, 5.74) is 2.64. The first-order chi connectivity index (χ1) is 14.6. The van der Waals surface area contributed by atoms with Crippen molar-refractivity contribution in [1.82, 2.24) is 14.9 Å². The largest absolute Gasteiger partial charge is 0.349 e. The van der Waals surface area contributed by atoms with Crippen LogP contribution >= 0.6 is 0 Å². The lowest BCUT2D eigenvalue weighted by atomic mass is 9.95. The highest BCUT2D eigenvalue weighted by Gasteiger charge is 2.22. The fourth-order valence-corrected chi connectivity index (χ4v) is 3.96. The van der Waals surface area contributed by atoms with E-state index in [4.69, 9.17) is 0 Å². The van der Waals surface area contributed by atoms with Crippen LogP contribution in [0.3, 0.4) is 0 Å². The molecule has 0 unspecified atom stereocenters. The van der Waals surface area contributed by atoms with Gasteiger partial charge in [-0.05, 0) is 30.5 Å². The van der Waals surface area contributed by atoms with Crippen LogP contribution in [-0.2, 0) is 7.05 Å². The lowest BCUT2D eigenvalue weighted by Crippen LogP contribution is -2.37. The highest BCUT2D eigenvalue weighted by Crippen LogP contribution is 2.22. The van der Waals surface area contributed by atoms with E-state index in [9.17, 15) is 9.59 Å². The first-order valence-corrected chi connectivity index (χ1v) is 10.4. The number of rotatable bonds is 5. The Morgan fingerprint density at radius 1 is 0.900 bits per heavy atom. The lowest BCUT2D eigenvalue weighted by Gasteiger charge is -2.23. The van der Waals surface area contributed by atoms with Gasteiger partial charge in [-0.25, -0.2) is 4.98 Å². The third kappa shape index (κ3) is 4.27. The standard InChI is InChI=1S/C24H26N4O2/c1-28-21(17-10-4-2-5-11-17)16-25-24(28)27-23(30)20-15-9-8-14-19(20)22(29)26-18-12-6-3-7-13-18/h2,4-5,8-11,14-16,18H,3,6-7,12-13H2,1H3,(H,26,29)(H,25,27,30). The van der Waals surface area contributed by atoms with E-state index in [1.807, 2.05) is 41.9 Å². The summed E-state index contributed by atoms with van der Waals surface area (Å²) in [5, 5.41) is 5.94. The van der Waals surface area contributed by atoms with Crippen molar-refractivity contribution < 1.29 is 9.59 Å². The molecule has 0 saturated heterocycles. The van der Waals surface area contributed by atoms with Crippen LogP contribution in [0.2, 0.25) is 0 Å². The zero-order chi connectivity index (χ0) is 20.9. The quantitative estimate of drug-likeness (QED) is 0.664. The van der Waals surface area contributed by atoms with Crippen LogP contribution in [0.4, 0.5) is 5.95 Å². The number of amides is 2. The van der Waals surface area contributed by atoms with Crippen molar-refractivity contribution in [3.63, 3.8) is 0 Å². The molecular weight excluding hydrogens is 376 g/mol. The third-order valence-corrected chi connectivity index (χ3v) is 5.64. The second-order valence-corrected chi connectivity index (χ2v) is 7.70. The smallest absolute Gasteiger partial charge is 0.258 e. The number of hydrogen-bond donors (Lipinski definition) is 2. The molecule has 0 atom stereocenters. The molecule has 1 aromatic heterocycles. The molecule has 2 aromatic carbocycles. The van der Waals surface area contributed by atoms with Gasteiger partial charge in [0.1, 0.15) is 0 Å². The van der Waals surface area contributed by atoms with E-state index in [0.717, 1.165) is 36.9 Å². The molecule has 4 rings (SSSR count). The molecule has 1 aliphatic rings. The molecule has 1 aliphatic carbocycles. The maximum Gasteiger partial charge on any atom is 0.258 e. The number of aromatic nitrogens is 2. The summed E-state index contributed by atoms with van der Waals surface area (Å²) in [4.78, 5) is 30.2. The predicted molar refractivity (Wildman–Crippen MR) is 117 cm³/mol. The van der Waals surface area contributed by atoms with Crippen molar-refractivity contribution >= 4 is 17.8 Å². The van der Waals surface area contributed by atoms with Crippen molar-refractivity contribution in [2.75, 3.05) is 5.32 Å². The molecule has 1 saturated carbocycles. The number of benzene rings is 2. The molecule has 154 valence electrons. The molecule has 0 aliphatic heterocycles. The first-order valence-electron chi connectivity index (χ1n) is 10.4. The molecule has 2 N–H and O–H groups in total. The molecule has 6 heteroatoms. The van der Waals surface area contributed by atoms with Crippen molar-refractivity contribution in [2.24, 2.45) is 7.05 Å². The van der Waals surface area contributed by atoms with Crippen molar-refractivity contribution in [2.45, 2.75) is 38.1 Å². The monoisotopic (exact) mass is 402 g/mol. The number of anilines is 1. The van der Waals surface area contributed by atoms with Crippen LogP contribution < -0.4 is 10.6 Å². The predicted octanol–water partition coefficient (Wildman–Crippen LogP) is 4.40. The van der Waals surface area contributed by atoms with Crippen LogP contribution in [0.25, 0.3) is 11.3 Å². The Labute approximate surface area is 176 Å². The van der Waals surface area contributed by atoms with Crippen molar-refractivity contribution in [3.05, 3.63) is 71.9 Å². The minimum atomic E-state index is -0.349. The second kappa shape index (κ2) is 8.95. The molecule has 30 heavy (non-hydrogen) atoms. The normalized spacial score (nSPS) is 14.3. The maximum absolute atomic E-state index is 13.0. The Hall–Kier alpha value is -3.41. The lowest BCUT2D eigenvalue weighted by molar-refractivity contribution is 0.0917. The highest BCUT2D eigenvalue weighted by molar-refractivity contribution is 6.11. The van der Waals surface area contributed by atoms with Gasteiger partial charge in [0.15, 0.2) is 0 Å². The first kappa shape index (κ1) is 19.9. The fraction of sp³-hybridized carbons (Fsp3) is 0.292. The van der Waals surface area contributed by atoms with Gasteiger partial charge in [0.25, 0.3) is 11.8 Å². The SMILES string of the molecule is Cn1c(-c2ccccc2)cnc1NC(=O)c1ccccc1C(=O)NC1CCCCC1. The number of nitrogens with one attached hydrogen (secondary N) is 2. The summed E-state index contributed by atoms with van der Waals surface area (Å²) in [6.45, 7) is 0. The van der Waals surface area contributed by atoms with Gasteiger partial charge in [0.2, 0.25) is 5.95 Å². The van der Waals surface area contributed by atoms with Crippen molar-refractivity contribution in [1.29, 1.82) is 0 Å².